The second kappa shape index (κ2) is 8.38. The van der Waals surface area contributed by atoms with Crippen LogP contribution in [0.15, 0.2) is 4.47 Å². The third-order valence-electron chi connectivity index (χ3n) is 4.73. The van der Waals surface area contributed by atoms with Crippen LogP contribution in [-0.2, 0) is 21.3 Å². The fourth-order valence-corrected chi connectivity index (χ4v) is 4.67. The van der Waals surface area contributed by atoms with Gasteiger partial charge >= 0.3 is 5.97 Å². The van der Waals surface area contributed by atoms with E-state index < -0.39 is 0 Å². The van der Waals surface area contributed by atoms with E-state index in [1.54, 1.807) is 0 Å². The molecule has 0 atom stereocenters. The normalized spacial score (nSPS) is 17.0. The van der Waals surface area contributed by atoms with Crippen LogP contribution in [0.3, 0.4) is 0 Å². The van der Waals surface area contributed by atoms with Gasteiger partial charge in [-0.05, 0) is 55.0 Å². The molecule has 0 radical (unpaired) electrons. The van der Waals surface area contributed by atoms with E-state index in [1.165, 1.54) is 0 Å². The van der Waals surface area contributed by atoms with Crippen LogP contribution in [0.2, 0.25) is 0 Å². The van der Waals surface area contributed by atoms with Gasteiger partial charge in [0.15, 0.2) is 0 Å². The predicted octanol–water partition coefficient (Wildman–Crippen LogP) is 5.17. The number of halogens is 2. The molecule has 1 fully saturated rings. The van der Waals surface area contributed by atoms with Crippen molar-refractivity contribution in [3.8, 4) is 0 Å². The first-order valence-electron chi connectivity index (χ1n) is 8.83. The van der Waals surface area contributed by atoms with Crippen LogP contribution < -0.4 is 4.90 Å². The lowest BCUT2D eigenvalue weighted by Crippen LogP contribution is -2.38. The first-order valence-corrected chi connectivity index (χ1v) is 10.7. The number of ether oxygens (including phenoxy) is 1. The molecule has 0 aliphatic carbocycles. The molecule has 0 amide bonds. The zero-order valence-corrected chi connectivity index (χ0v) is 19.0. The Labute approximate surface area is 168 Å². The number of pyridine rings is 1. The van der Waals surface area contributed by atoms with E-state index in [1.807, 2.05) is 20.8 Å². The molecule has 0 bridgehead atoms. The second-order valence-electron chi connectivity index (χ2n) is 7.79. The lowest BCUT2D eigenvalue weighted by atomic mass is 9.82. The van der Waals surface area contributed by atoms with E-state index in [0.717, 1.165) is 53.0 Å². The molecule has 1 saturated heterocycles. The number of hydrogen-bond acceptors (Lipinski definition) is 4. The molecule has 1 aromatic heterocycles. The van der Waals surface area contributed by atoms with Crippen LogP contribution in [0.1, 0.15) is 57.5 Å². The molecule has 140 valence electrons. The Kier molecular flexibility index (Phi) is 6.94. The minimum absolute atomic E-state index is 0.106. The van der Waals surface area contributed by atoms with Gasteiger partial charge < -0.3 is 9.64 Å². The van der Waals surface area contributed by atoms with Crippen molar-refractivity contribution in [3.63, 3.8) is 0 Å². The maximum absolute atomic E-state index is 12.3. The maximum atomic E-state index is 12.3. The number of aryl methyl sites for hydroxylation is 1. The number of piperidine rings is 1. The van der Waals surface area contributed by atoms with Crippen LogP contribution in [0.5, 0.6) is 0 Å². The fourth-order valence-electron chi connectivity index (χ4n) is 3.17. The highest BCUT2D eigenvalue weighted by atomic mass is 79.9. The monoisotopic (exact) mass is 474 g/mol. The summed E-state index contributed by atoms with van der Waals surface area (Å²) in [5.74, 6) is -0.197. The highest BCUT2D eigenvalue weighted by Gasteiger charge is 2.29. The summed E-state index contributed by atoms with van der Waals surface area (Å²) in [4.78, 5) is 19.4. The Morgan fingerprint density at radius 1 is 1.32 bits per heavy atom. The quantitative estimate of drug-likeness (QED) is 0.435. The van der Waals surface area contributed by atoms with Crippen molar-refractivity contribution in [2.24, 2.45) is 5.41 Å². The summed E-state index contributed by atoms with van der Waals surface area (Å²) in [5, 5.41) is 0.678. The third-order valence-corrected chi connectivity index (χ3v) is 6.10. The molecular weight excluding hydrogens is 448 g/mol. The highest BCUT2D eigenvalue weighted by molar-refractivity contribution is 9.11. The van der Waals surface area contributed by atoms with Gasteiger partial charge in [0.05, 0.1) is 28.4 Å². The summed E-state index contributed by atoms with van der Waals surface area (Å²) in [6, 6.07) is 0. The summed E-state index contributed by atoms with van der Waals surface area (Å²) in [6.07, 6.45) is 2.43. The minimum atomic E-state index is -0.197. The zero-order chi connectivity index (χ0) is 18.8. The Hall–Kier alpha value is -0.620. The number of carbonyl (C=O) groups is 1. The Bertz CT molecular complexity index is 635. The van der Waals surface area contributed by atoms with Crippen LogP contribution in [0.25, 0.3) is 0 Å². The van der Waals surface area contributed by atoms with Gasteiger partial charge in [0.2, 0.25) is 0 Å². The molecule has 0 aromatic carbocycles. The smallest absolute Gasteiger partial charge is 0.310 e. The molecule has 25 heavy (non-hydrogen) atoms. The van der Waals surface area contributed by atoms with Crippen molar-refractivity contribution in [1.82, 2.24) is 4.98 Å². The van der Waals surface area contributed by atoms with Crippen molar-refractivity contribution in [2.75, 3.05) is 18.0 Å². The average Bonchev–Trinajstić information content (AvgIpc) is 2.51. The van der Waals surface area contributed by atoms with E-state index in [-0.39, 0.29) is 18.5 Å². The van der Waals surface area contributed by atoms with Gasteiger partial charge in [-0.25, -0.2) is 0 Å². The van der Waals surface area contributed by atoms with E-state index in [4.69, 9.17) is 4.74 Å². The maximum Gasteiger partial charge on any atom is 0.310 e. The molecular formula is C19H28Br2N2O2. The van der Waals surface area contributed by atoms with Crippen molar-refractivity contribution < 1.29 is 9.53 Å². The lowest BCUT2D eigenvalue weighted by Gasteiger charge is -2.39. The summed E-state index contributed by atoms with van der Waals surface area (Å²) < 4.78 is 6.36. The molecule has 1 aliphatic heterocycles. The molecule has 6 heteroatoms. The SMILES string of the molecule is Cc1nc(CBr)c(Br)c(N2CCC(C)(C)CC2)c1CC(=O)OC(C)C. The number of nitrogens with zero attached hydrogens (tertiary/aromatic N) is 2. The predicted molar refractivity (Wildman–Crippen MR) is 109 cm³/mol. The molecule has 1 aliphatic rings. The zero-order valence-electron chi connectivity index (χ0n) is 15.8. The first kappa shape index (κ1) is 20.7. The highest BCUT2D eigenvalue weighted by Crippen LogP contribution is 2.39. The lowest BCUT2D eigenvalue weighted by molar-refractivity contribution is -0.146. The van der Waals surface area contributed by atoms with Crippen molar-refractivity contribution in [2.45, 2.75) is 65.3 Å². The summed E-state index contributed by atoms with van der Waals surface area (Å²) >= 11 is 7.27. The molecule has 0 saturated carbocycles. The summed E-state index contributed by atoms with van der Waals surface area (Å²) in [6.45, 7) is 12.4. The van der Waals surface area contributed by atoms with Gasteiger partial charge in [-0.2, -0.15) is 0 Å². The van der Waals surface area contributed by atoms with Gasteiger partial charge in [-0.15, -0.1) is 0 Å². The van der Waals surface area contributed by atoms with Gasteiger partial charge in [0.25, 0.3) is 0 Å². The number of anilines is 1. The van der Waals surface area contributed by atoms with E-state index in [0.29, 0.717) is 10.7 Å². The van der Waals surface area contributed by atoms with Gasteiger partial charge in [-0.1, -0.05) is 29.8 Å². The largest absolute Gasteiger partial charge is 0.463 e. The van der Waals surface area contributed by atoms with Crippen molar-refractivity contribution >= 4 is 43.5 Å². The summed E-state index contributed by atoms with van der Waals surface area (Å²) in [5.41, 5.74) is 4.33. The Balaban J connectivity index is 2.40. The third kappa shape index (κ3) is 5.19. The Morgan fingerprint density at radius 3 is 2.44 bits per heavy atom. The van der Waals surface area contributed by atoms with Crippen molar-refractivity contribution in [3.05, 3.63) is 21.4 Å². The average molecular weight is 476 g/mol. The minimum Gasteiger partial charge on any atom is -0.463 e. The number of hydrogen-bond donors (Lipinski definition) is 0. The number of esters is 1. The molecule has 2 heterocycles. The van der Waals surface area contributed by atoms with Crippen LogP contribution in [-0.4, -0.2) is 30.1 Å². The van der Waals surface area contributed by atoms with E-state index in [9.17, 15) is 4.79 Å². The van der Waals surface area contributed by atoms with Crippen molar-refractivity contribution in [1.29, 1.82) is 0 Å². The standard InChI is InChI=1S/C19H28Br2N2O2/c1-12(2)25-16(24)10-14-13(3)22-15(11-20)17(21)18(14)23-8-6-19(4,5)7-9-23/h12H,6-11H2,1-5H3. The van der Waals surface area contributed by atoms with E-state index >= 15 is 0 Å². The fraction of sp³-hybridized carbons (Fsp3) is 0.684. The number of carbonyl (C=O) groups excluding carboxylic acids is 1. The topological polar surface area (TPSA) is 42.4 Å². The summed E-state index contributed by atoms with van der Waals surface area (Å²) in [7, 11) is 0. The van der Waals surface area contributed by atoms with Crippen LogP contribution >= 0.6 is 31.9 Å². The molecule has 0 unspecified atom stereocenters. The van der Waals surface area contributed by atoms with Crippen LogP contribution in [0, 0.1) is 12.3 Å². The second-order valence-corrected chi connectivity index (χ2v) is 9.14. The molecule has 2 rings (SSSR count). The molecule has 4 nitrogen and oxygen atoms in total. The van der Waals surface area contributed by atoms with Gasteiger partial charge in [0, 0.05) is 29.7 Å². The van der Waals surface area contributed by atoms with Gasteiger partial charge in [0.1, 0.15) is 0 Å². The number of aromatic nitrogens is 1. The Morgan fingerprint density at radius 2 is 1.92 bits per heavy atom. The number of rotatable bonds is 5. The number of alkyl halides is 1. The van der Waals surface area contributed by atoms with E-state index in [2.05, 4.69) is 55.6 Å². The van der Waals surface area contributed by atoms with Crippen LogP contribution in [0.4, 0.5) is 5.69 Å². The molecule has 1 aromatic rings. The van der Waals surface area contributed by atoms with Gasteiger partial charge in [-0.3, -0.25) is 9.78 Å². The molecule has 0 N–H and O–H groups in total. The first-order chi connectivity index (χ1) is 11.6. The molecule has 0 spiro atoms.